The Kier molecular flexibility index (Phi) is 4.27. The summed E-state index contributed by atoms with van der Waals surface area (Å²) in [6.07, 6.45) is 0. The van der Waals surface area contributed by atoms with E-state index in [1.165, 1.54) is 0 Å². The second-order valence-corrected chi connectivity index (χ2v) is 6.87. The average Bonchev–Trinajstić information content (AvgIpc) is 2.68. The number of nitrogens with one attached hydrogen (secondary N) is 1. The van der Waals surface area contributed by atoms with Crippen molar-refractivity contribution in [3.63, 3.8) is 0 Å². The minimum absolute atomic E-state index is 0.160. The summed E-state index contributed by atoms with van der Waals surface area (Å²) < 4.78 is 0.882. The number of fused-ring (bicyclic) bond motifs is 1. The molecule has 1 heterocycles. The molecule has 1 N–H and O–H groups in total. The minimum atomic E-state index is -0.382. The Balaban J connectivity index is 2.11. The number of carbonyl (C=O) groups is 1. The molecule has 0 radical (unpaired) electrons. The minimum Gasteiger partial charge on any atom is -0.321 e. The van der Waals surface area contributed by atoms with Crippen LogP contribution in [0.4, 0.5) is 0 Å². The fourth-order valence-electron chi connectivity index (χ4n) is 3.12. The molecular formula is C22H14BrNO2. The van der Waals surface area contributed by atoms with Crippen LogP contribution in [0.1, 0.15) is 15.9 Å². The third kappa shape index (κ3) is 2.89. The van der Waals surface area contributed by atoms with E-state index in [2.05, 4.69) is 20.9 Å². The summed E-state index contributed by atoms with van der Waals surface area (Å²) in [5.41, 5.74) is 2.45. The average molecular weight is 404 g/mol. The number of H-pyrrole nitrogens is 1. The van der Waals surface area contributed by atoms with Crippen molar-refractivity contribution in [3.8, 4) is 11.1 Å². The summed E-state index contributed by atoms with van der Waals surface area (Å²) in [6, 6.07) is 24.0. The third-order valence-corrected chi connectivity index (χ3v) is 4.79. The van der Waals surface area contributed by atoms with Gasteiger partial charge in [0.1, 0.15) is 0 Å². The maximum Gasteiger partial charge on any atom is 0.260 e. The highest BCUT2D eigenvalue weighted by Crippen LogP contribution is 2.32. The van der Waals surface area contributed by atoms with Crippen LogP contribution in [0.2, 0.25) is 0 Å². The zero-order valence-electron chi connectivity index (χ0n) is 13.7. The van der Waals surface area contributed by atoms with E-state index >= 15 is 0 Å². The highest BCUT2D eigenvalue weighted by molar-refractivity contribution is 9.10. The lowest BCUT2D eigenvalue weighted by Crippen LogP contribution is -2.20. The van der Waals surface area contributed by atoms with E-state index in [0.717, 1.165) is 15.4 Å². The Morgan fingerprint density at radius 1 is 0.846 bits per heavy atom. The molecule has 0 amide bonds. The number of hydrogen-bond donors (Lipinski definition) is 1. The maximum absolute atomic E-state index is 13.2. The number of halogens is 1. The summed E-state index contributed by atoms with van der Waals surface area (Å²) in [7, 11) is 0. The Hall–Kier alpha value is -2.98. The van der Waals surface area contributed by atoms with Crippen molar-refractivity contribution in [2.45, 2.75) is 0 Å². The molecule has 1 aromatic heterocycles. The van der Waals surface area contributed by atoms with Crippen molar-refractivity contribution in [2.24, 2.45) is 0 Å². The van der Waals surface area contributed by atoms with E-state index in [1.807, 2.05) is 54.6 Å². The Labute approximate surface area is 158 Å². The molecule has 4 rings (SSSR count). The van der Waals surface area contributed by atoms with E-state index in [1.54, 1.807) is 24.3 Å². The van der Waals surface area contributed by atoms with Crippen LogP contribution in [0.25, 0.3) is 22.0 Å². The van der Waals surface area contributed by atoms with Gasteiger partial charge in [0.15, 0.2) is 5.78 Å². The van der Waals surface area contributed by atoms with Crippen LogP contribution >= 0.6 is 15.9 Å². The van der Waals surface area contributed by atoms with Gasteiger partial charge in [0.25, 0.3) is 5.56 Å². The standard InChI is InChI=1S/C22H14BrNO2/c23-16-11-12-18-17(13-16)19(14-7-3-1-4-8-14)20(22(26)24-18)21(25)15-9-5-2-6-10-15/h1-13H,(H,24,26). The molecule has 0 spiro atoms. The van der Waals surface area contributed by atoms with Crippen LogP contribution in [0.3, 0.4) is 0 Å². The molecule has 0 unspecified atom stereocenters. The highest BCUT2D eigenvalue weighted by atomic mass is 79.9. The van der Waals surface area contributed by atoms with Crippen molar-refractivity contribution in [2.75, 3.05) is 0 Å². The smallest absolute Gasteiger partial charge is 0.260 e. The van der Waals surface area contributed by atoms with Crippen molar-refractivity contribution in [3.05, 3.63) is 105 Å². The van der Waals surface area contributed by atoms with E-state index in [-0.39, 0.29) is 16.9 Å². The van der Waals surface area contributed by atoms with Crippen LogP contribution in [-0.2, 0) is 0 Å². The molecule has 0 bridgehead atoms. The van der Waals surface area contributed by atoms with Crippen LogP contribution in [-0.4, -0.2) is 10.8 Å². The Morgan fingerprint density at radius 2 is 1.50 bits per heavy atom. The lowest BCUT2D eigenvalue weighted by molar-refractivity contribution is 0.103. The van der Waals surface area contributed by atoms with Crippen molar-refractivity contribution in [1.82, 2.24) is 4.98 Å². The molecule has 0 fully saturated rings. The van der Waals surface area contributed by atoms with Gasteiger partial charge in [-0.3, -0.25) is 9.59 Å². The van der Waals surface area contributed by atoms with E-state index in [9.17, 15) is 9.59 Å². The number of ketones is 1. The first-order valence-electron chi connectivity index (χ1n) is 8.16. The summed E-state index contributed by atoms with van der Waals surface area (Å²) >= 11 is 3.49. The van der Waals surface area contributed by atoms with Gasteiger partial charge in [-0.1, -0.05) is 76.6 Å². The van der Waals surface area contributed by atoms with E-state index in [4.69, 9.17) is 0 Å². The van der Waals surface area contributed by atoms with Crippen molar-refractivity contribution >= 4 is 32.6 Å². The fraction of sp³-hybridized carbons (Fsp3) is 0. The molecule has 3 nitrogen and oxygen atoms in total. The number of aromatic nitrogens is 1. The van der Waals surface area contributed by atoms with Gasteiger partial charge in [-0.25, -0.2) is 0 Å². The quantitative estimate of drug-likeness (QED) is 0.478. The maximum atomic E-state index is 13.2. The molecule has 0 saturated carbocycles. The summed E-state index contributed by atoms with van der Waals surface area (Å²) in [6.45, 7) is 0. The van der Waals surface area contributed by atoms with E-state index in [0.29, 0.717) is 16.6 Å². The molecule has 0 aliphatic rings. The molecule has 126 valence electrons. The van der Waals surface area contributed by atoms with Gasteiger partial charge in [0.05, 0.1) is 5.56 Å². The van der Waals surface area contributed by atoms with Crippen molar-refractivity contribution < 1.29 is 4.79 Å². The van der Waals surface area contributed by atoms with Gasteiger partial charge in [0.2, 0.25) is 0 Å². The largest absolute Gasteiger partial charge is 0.321 e. The van der Waals surface area contributed by atoms with E-state index < -0.39 is 0 Å². The Morgan fingerprint density at radius 3 is 2.19 bits per heavy atom. The summed E-state index contributed by atoms with van der Waals surface area (Å²) in [4.78, 5) is 28.8. The molecule has 4 heteroatoms. The lowest BCUT2D eigenvalue weighted by atomic mass is 9.92. The van der Waals surface area contributed by atoms with Gasteiger partial charge >= 0.3 is 0 Å². The molecule has 0 aliphatic carbocycles. The van der Waals surface area contributed by atoms with Gasteiger partial charge in [-0.15, -0.1) is 0 Å². The zero-order valence-corrected chi connectivity index (χ0v) is 15.3. The monoisotopic (exact) mass is 403 g/mol. The topological polar surface area (TPSA) is 49.9 Å². The third-order valence-electron chi connectivity index (χ3n) is 4.30. The van der Waals surface area contributed by atoms with Crippen LogP contribution in [0.15, 0.2) is 88.1 Å². The predicted octanol–water partition coefficient (Wildman–Crippen LogP) is 5.19. The van der Waals surface area contributed by atoms with Crippen LogP contribution < -0.4 is 5.56 Å². The molecule has 0 atom stereocenters. The van der Waals surface area contributed by atoms with Gasteiger partial charge in [-0.2, -0.15) is 0 Å². The van der Waals surface area contributed by atoms with Crippen LogP contribution in [0, 0.1) is 0 Å². The summed E-state index contributed by atoms with van der Waals surface area (Å²) in [5.74, 6) is -0.285. The first kappa shape index (κ1) is 16.5. The predicted molar refractivity (Wildman–Crippen MR) is 108 cm³/mol. The van der Waals surface area contributed by atoms with Gasteiger partial charge in [-0.05, 0) is 23.8 Å². The molecule has 0 aliphatic heterocycles. The Bertz CT molecular complexity index is 1170. The molecule has 0 saturated heterocycles. The lowest BCUT2D eigenvalue weighted by Gasteiger charge is -2.13. The zero-order chi connectivity index (χ0) is 18.1. The fourth-order valence-corrected chi connectivity index (χ4v) is 3.48. The van der Waals surface area contributed by atoms with Gasteiger partial charge < -0.3 is 4.98 Å². The number of hydrogen-bond acceptors (Lipinski definition) is 2. The molecule has 26 heavy (non-hydrogen) atoms. The first-order valence-corrected chi connectivity index (χ1v) is 8.95. The van der Waals surface area contributed by atoms with Crippen molar-refractivity contribution in [1.29, 1.82) is 0 Å². The van der Waals surface area contributed by atoms with Gasteiger partial charge in [0, 0.05) is 26.5 Å². The number of rotatable bonds is 3. The number of carbonyl (C=O) groups excluding carboxylic acids is 1. The SMILES string of the molecule is O=C(c1ccccc1)c1c(-c2ccccc2)c2cc(Br)ccc2[nH]c1=O. The first-order chi connectivity index (χ1) is 12.6. The van der Waals surface area contributed by atoms with Crippen LogP contribution in [0.5, 0.6) is 0 Å². The number of benzene rings is 3. The second kappa shape index (κ2) is 6.73. The number of aromatic amines is 1. The normalized spacial score (nSPS) is 10.8. The molecule has 4 aromatic rings. The number of pyridine rings is 1. The molecule has 3 aromatic carbocycles. The molecular weight excluding hydrogens is 390 g/mol. The second-order valence-electron chi connectivity index (χ2n) is 5.96. The highest BCUT2D eigenvalue weighted by Gasteiger charge is 2.21. The summed E-state index contributed by atoms with van der Waals surface area (Å²) in [5, 5.41) is 0.824.